The third-order valence-corrected chi connectivity index (χ3v) is 4.83. The number of aryl methyl sites for hydroxylation is 1. The molecule has 0 saturated heterocycles. The van der Waals surface area contributed by atoms with E-state index in [4.69, 9.17) is 11.6 Å². The van der Waals surface area contributed by atoms with Crippen LogP contribution in [0, 0.1) is 6.92 Å². The van der Waals surface area contributed by atoms with Gasteiger partial charge in [0.2, 0.25) is 0 Å². The van der Waals surface area contributed by atoms with Gasteiger partial charge in [-0.3, -0.25) is 4.79 Å². The van der Waals surface area contributed by atoms with Gasteiger partial charge in [0.15, 0.2) is 0 Å². The number of hydrogen-bond acceptors (Lipinski definition) is 2. The summed E-state index contributed by atoms with van der Waals surface area (Å²) >= 11 is 7.53. The average Bonchev–Trinajstić information content (AvgIpc) is 2.88. The van der Waals surface area contributed by atoms with Crippen molar-refractivity contribution in [2.45, 2.75) is 12.8 Å². The lowest BCUT2D eigenvalue weighted by atomic mass is 10.1. The highest BCUT2D eigenvalue weighted by Crippen LogP contribution is 2.32. The summed E-state index contributed by atoms with van der Waals surface area (Å²) in [6.07, 6.45) is 0. The van der Waals surface area contributed by atoms with E-state index in [1.54, 1.807) is 0 Å². The number of halogens is 1. The van der Waals surface area contributed by atoms with Gasteiger partial charge in [-0.25, -0.2) is 0 Å². The number of carbonyl (C=O) groups excluding carboxylic acids is 1. The summed E-state index contributed by atoms with van der Waals surface area (Å²) in [4.78, 5) is 13.2. The number of hydrogen-bond donors (Lipinski definition) is 1. The summed E-state index contributed by atoms with van der Waals surface area (Å²) in [6.45, 7) is 2.02. The van der Waals surface area contributed by atoms with E-state index in [2.05, 4.69) is 5.32 Å². The third-order valence-electron chi connectivity index (χ3n) is 3.35. The summed E-state index contributed by atoms with van der Waals surface area (Å²) in [7, 11) is 0. The molecular formula is C17H14ClNOS. The largest absolute Gasteiger partial charge is 0.321 e. The van der Waals surface area contributed by atoms with Gasteiger partial charge in [-0.2, -0.15) is 0 Å². The van der Waals surface area contributed by atoms with E-state index in [0.29, 0.717) is 10.8 Å². The molecule has 2 aromatic carbocycles. The van der Waals surface area contributed by atoms with Crippen LogP contribution in [0.3, 0.4) is 0 Å². The Balaban J connectivity index is 1.95. The number of anilines is 1. The van der Waals surface area contributed by atoms with Crippen LogP contribution < -0.4 is 5.32 Å². The first-order valence-electron chi connectivity index (χ1n) is 6.63. The van der Waals surface area contributed by atoms with Crippen molar-refractivity contribution >= 4 is 44.6 Å². The van der Waals surface area contributed by atoms with Gasteiger partial charge in [0.25, 0.3) is 5.91 Å². The fraction of sp³-hybridized carbons (Fsp3) is 0.118. The van der Waals surface area contributed by atoms with Crippen LogP contribution in [0.25, 0.3) is 10.1 Å². The Morgan fingerprint density at radius 1 is 1.14 bits per heavy atom. The van der Waals surface area contributed by atoms with Gasteiger partial charge >= 0.3 is 0 Å². The first-order chi connectivity index (χ1) is 10.2. The average molecular weight is 316 g/mol. The van der Waals surface area contributed by atoms with Crippen molar-refractivity contribution in [1.29, 1.82) is 0 Å². The van der Waals surface area contributed by atoms with Gasteiger partial charge < -0.3 is 5.32 Å². The van der Waals surface area contributed by atoms with E-state index in [1.807, 2.05) is 55.5 Å². The van der Waals surface area contributed by atoms with Crippen molar-refractivity contribution in [3.05, 3.63) is 64.5 Å². The molecule has 0 unspecified atom stereocenters. The minimum atomic E-state index is -0.101. The molecule has 0 bridgehead atoms. The molecule has 2 nitrogen and oxygen atoms in total. The minimum absolute atomic E-state index is 0.101. The maximum absolute atomic E-state index is 12.5. The first kappa shape index (κ1) is 14.1. The van der Waals surface area contributed by atoms with Crippen molar-refractivity contribution in [3.63, 3.8) is 0 Å². The van der Waals surface area contributed by atoms with Gasteiger partial charge in [0.1, 0.15) is 0 Å². The summed E-state index contributed by atoms with van der Waals surface area (Å²) < 4.78 is 1.09. The predicted molar refractivity (Wildman–Crippen MR) is 90.5 cm³/mol. The Kier molecular flexibility index (Phi) is 3.95. The molecule has 1 amide bonds. The Morgan fingerprint density at radius 3 is 2.57 bits per heavy atom. The number of fused-ring (bicyclic) bond motifs is 1. The Morgan fingerprint density at radius 2 is 1.86 bits per heavy atom. The summed E-state index contributed by atoms with van der Waals surface area (Å²) in [5.74, 6) is 0.233. The van der Waals surface area contributed by atoms with E-state index >= 15 is 0 Å². The SMILES string of the molecule is Cc1ccc(NC(=O)c2sc3ccccc3c2CCl)cc1. The van der Waals surface area contributed by atoms with Crippen LogP contribution in [0.4, 0.5) is 5.69 Å². The topological polar surface area (TPSA) is 29.1 Å². The molecule has 1 aromatic heterocycles. The number of benzene rings is 2. The van der Waals surface area contributed by atoms with Crippen molar-refractivity contribution in [3.8, 4) is 0 Å². The molecule has 0 fully saturated rings. The highest BCUT2D eigenvalue weighted by molar-refractivity contribution is 7.21. The number of carbonyl (C=O) groups is 1. The van der Waals surface area contributed by atoms with Gasteiger partial charge in [-0.15, -0.1) is 22.9 Å². The lowest BCUT2D eigenvalue weighted by Crippen LogP contribution is -2.11. The second kappa shape index (κ2) is 5.88. The molecule has 4 heteroatoms. The van der Waals surface area contributed by atoms with E-state index in [0.717, 1.165) is 26.9 Å². The zero-order valence-electron chi connectivity index (χ0n) is 11.5. The second-order valence-corrected chi connectivity index (χ2v) is 6.18. The van der Waals surface area contributed by atoms with Crippen molar-refractivity contribution in [1.82, 2.24) is 0 Å². The number of thiophene rings is 1. The van der Waals surface area contributed by atoms with Crippen LogP contribution >= 0.6 is 22.9 Å². The Hall–Kier alpha value is -1.84. The number of alkyl halides is 1. The predicted octanol–water partition coefficient (Wildman–Crippen LogP) is 5.20. The molecule has 0 saturated carbocycles. The lowest BCUT2D eigenvalue weighted by Gasteiger charge is -2.05. The molecule has 106 valence electrons. The number of rotatable bonds is 3. The molecule has 21 heavy (non-hydrogen) atoms. The molecule has 1 N–H and O–H groups in total. The second-order valence-electron chi connectivity index (χ2n) is 4.86. The van der Waals surface area contributed by atoms with Crippen LogP contribution in [-0.2, 0) is 5.88 Å². The summed E-state index contributed by atoms with van der Waals surface area (Å²) in [5.41, 5.74) is 2.86. The van der Waals surface area contributed by atoms with E-state index in [1.165, 1.54) is 11.3 Å². The molecular weight excluding hydrogens is 302 g/mol. The summed E-state index contributed by atoms with van der Waals surface area (Å²) in [6, 6.07) is 15.7. The van der Waals surface area contributed by atoms with Gasteiger partial charge in [-0.05, 0) is 36.1 Å². The monoisotopic (exact) mass is 315 g/mol. The molecule has 0 aliphatic carbocycles. The molecule has 0 aliphatic rings. The lowest BCUT2D eigenvalue weighted by molar-refractivity contribution is 0.103. The van der Waals surface area contributed by atoms with Crippen LogP contribution in [0.5, 0.6) is 0 Å². The quantitative estimate of drug-likeness (QED) is 0.661. The maximum Gasteiger partial charge on any atom is 0.266 e. The van der Waals surface area contributed by atoms with Crippen LogP contribution in [0.2, 0.25) is 0 Å². The normalized spacial score (nSPS) is 10.8. The fourth-order valence-corrected chi connectivity index (χ4v) is 3.71. The van der Waals surface area contributed by atoms with Gasteiger partial charge in [-0.1, -0.05) is 35.9 Å². The van der Waals surface area contributed by atoms with Crippen LogP contribution in [0.15, 0.2) is 48.5 Å². The molecule has 3 rings (SSSR count). The zero-order valence-corrected chi connectivity index (χ0v) is 13.1. The molecule has 0 spiro atoms. The Labute approximate surface area is 132 Å². The first-order valence-corrected chi connectivity index (χ1v) is 7.98. The van der Waals surface area contributed by atoms with Crippen molar-refractivity contribution in [2.75, 3.05) is 5.32 Å². The van der Waals surface area contributed by atoms with Gasteiger partial charge in [0.05, 0.1) is 4.88 Å². The van der Waals surface area contributed by atoms with E-state index in [9.17, 15) is 4.79 Å². The highest BCUT2D eigenvalue weighted by atomic mass is 35.5. The highest BCUT2D eigenvalue weighted by Gasteiger charge is 2.17. The number of amides is 1. The molecule has 1 heterocycles. The third kappa shape index (κ3) is 2.80. The smallest absolute Gasteiger partial charge is 0.266 e. The standard InChI is InChI=1S/C17H14ClNOS/c1-11-6-8-12(9-7-11)19-17(20)16-14(10-18)13-4-2-3-5-15(13)21-16/h2-9H,10H2,1H3,(H,19,20). The van der Waals surface area contributed by atoms with E-state index < -0.39 is 0 Å². The molecule has 0 aliphatic heterocycles. The maximum atomic E-state index is 12.5. The Bertz CT molecular complexity index is 792. The van der Waals surface area contributed by atoms with Crippen LogP contribution in [0.1, 0.15) is 20.8 Å². The van der Waals surface area contributed by atoms with E-state index in [-0.39, 0.29) is 5.91 Å². The molecule has 0 radical (unpaired) electrons. The fourth-order valence-electron chi connectivity index (χ4n) is 2.24. The summed E-state index contributed by atoms with van der Waals surface area (Å²) in [5, 5.41) is 4.00. The molecule has 3 aromatic rings. The molecule has 0 atom stereocenters. The van der Waals surface area contributed by atoms with Crippen LogP contribution in [-0.4, -0.2) is 5.91 Å². The number of nitrogens with one attached hydrogen (secondary N) is 1. The van der Waals surface area contributed by atoms with Gasteiger partial charge in [0, 0.05) is 16.3 Å². The van der Waals surface area contributed by atoms with Crippen molar-refractivity contribution < 1.29 is 4.79 Å². The zero-order chi connectivity index (χ0) is 14.8. The minimum Gasteiger partial charge on any atom is -0.321 e. The van der Waals surface area contributed by atoms with Crippen molar-refractivity contribution in [2.24, 2.45) is 0 Å².